The van der Waals surface area contributed by atoms with E-state index in [1.165, 1.54) is 25.7 Å². The fourth-order valence-electron chi connectivity index (χ4n) is 3.04. The highest BCUT2D eigenvalue weighted by molar-refractivity contribution is 5.68. The maximum absolute atomic E-state index is 12.3. The molecule has 1 amide bonds. The molecule has 2 aliphatic rings. The number of rotatable bonds is 1. The van der Waals surface area contributed by atoms with E-state index in [-0.39, 0.29) is 6.09 Å². The number of carbonyl (C=O) groups is 1. The van der Waals surface area contributed by atoms with Crippen LogP contribution in [0.3, 0.4) is 0 Å². The van der Waals surface area contributed by atoms with Gasteiger partial charge in [0.25, 0.3) is 0 Å². The third-order valence-electron chi connectivity index (χ3n) is 3.86. The molecule has 0 unspecified atom stereocenters. The summed E-state index contributed by atoms with van der Waals surface area (Å²) >= 11 is 0. The van der Waals surface area contributed by atoms with Crippen molar-refractivity contribution >= 4 is 6.09 Å². The SMILES string of the molecule is CC(C)(C)OC(=O)N1CCNC[C@@H]1C1CCCC1. The van der Waals surface area contributed by atoms with Crippen molar-refractivity contribution in [2.75, 3.05) is 19.6 Å². The lowest BCUT2D eigenvalue weighted by Crippen LogP contribution is -2.57. The summed E-state index contributed by atoms with van der Waals surface area (Å²) < 4.78 is 5.53. The molecule has 4 heteroatoms. The minimum atomic E-state index is -0.401. The van der Waals surface area contributed by atoms with Crippen molar-refractivity contribution in [3.8, 4) is 0 Å². The zero-order chi connectivity index (χ0) is 13.2. The van der Waals surface area contributed by atoms with E-state index in [1.807, 2.05) is 25.7 Å². The van der Waals surface area contributed by atoms with E-state index in [9.17, 15) is 4.79 Å². The molecule has 18 heavy (non-hydrogen) atoms. The Bertz CT molecular complexity index is 293. The summed E-state index contributed by atoms with van der Waals surface area (Å²) in [5.74, 6) is 0.658. The molecule has 1 aliphatic carbocycles. The van der Waals surface area contributed by atoms with Crippen molar-refractivity contribution in [1.29, 1.82) is 0 Å². The summed E-state index contributed by atoms with van der Waals surface area (Å²) in [6.07, 6.45) is 4.99. The summed E-state index contributed by atoms with van der Waals surface area (Å²) in [5.41, 5.74) is -0.401. The summed E-state index contributed by atoms with van der Waals surface area (Å²) in [5, 5.41) is 3.41. The Morgan fingerprint density at radius 2 is 1.94 bits per heavy atom. The zero-order valence-electron chi connectivity index (χ0n) is 11.9. The number of ether oxygens (including phenoxy) is 1. The molecule has 2 fully saturated rings. The smallest absolute Gasteiger partial charge is 0.410 e. The second-order valence-electron chi connectivity index (χ2n) is 6.49. The molecule has 1 heterocycles. The lowest BCUT2D eigenvalue weighted by Gasteiger charge is -2.40. The van der Waals surface area contributed by atoms with Crippen molar-refractivity contribution in [3.63, 3.8) is 0 Å². The lowest BCUT2D eigenvalue weighted by molar-refractivity contribution is 0.00475. The van der Waals surface area contributed by atoms with Crippen LogP contribution in [0.5, 0.6) is 0 Å². The van der Waals surface area contributed by atoms with E-state index in [4.69, 9.17) is 4.74 Å². The average molecular weight is 254 g/mol. The second kappa shape index (κ2) is 5.47. The van der Waals surface area contributed by atoms with Gasteiger partial charge in [-0.1, -0.05) is 12.8 Å². The Kier molecular flexibility index (Phi) is 4.15. The van der Waals surface area contributed by atoms with Crippen molar-refractivity contribution in [3.05, 3.63) is 0 Å². The molecule has 0 aromatic carbocycles. The van der Waals surface area contributed by atoms with Gasteiger partial charge in [0.05, 0.1) is 6.04 Å². The largest absolute Gasteiger partial charge is 0.444 e. The van der Waals surface area contributed by atoms with E-state index in [0.29, 0.717) is 12.0 Å². The normalized spacial score (nSPS) is 26.4. The maximum Gasteiger partial charge on any atom is 0.410 e. The van der Waals surface area contributed by atoms with Gasteiger partial charge in [0.1, 0.15) is 5.60 Å². The third kappa shape index (κ3) is 3.37. The van der Waals surface area contributed by atoms with Crippen LogP contribution in [0.25, 0.3) is 0 Å². The van der Waals surface area contributed by atoms with Gasteiger partial charge in [0.2, 0.25) is 0 Å². The topological polar surface area (TPSA) is 41.6 Å². The second-order valence-corrected chi connectivity index (χ2v) is 6.49. The molecule has 104 valence electrons. The van der Waals surface area contributed by atoms with E-state index < -0.39 is 5.60 Å². The van der Waals surface area contributed by atoms with Crippen LogP contribution in [0.4, 0.5) is 4.79 Å². The first-order chi connectivity index (χ1) is 8.47. The van der Waals surface area contributed by atoms with Crippen molar-refractivity contribution in [2.45, 2.75) is 58.1 Å². The number of hydrogen-bond donors (Lipinski definition) is 1. The number of hydrogen-bond acceptors (Lipinski definition) is 3. The van der Waals surface area contributed by atoms with Gasteiger partial charge in [-0.05, 0) is 39.5 Å². The van der Waals surface area contributed by atoms with E-state index in [0.717, 1.165) is 19.6 Å². The molecular weight excluding hydrogens is 228 g/mol. The zero-order valence-corrected chi connectivity index (χ0v) is 11.9. The Hall–Kier alpha value is -0.770. The lowest BCUT2D eigenvalue weighted by atomic mass is 9.95. The van der Waals surface area contributed by atoms with E-state index in [2.05, 4.69) is 5.32 Å². The molecule has 2 rings (SSSR count). The molecular formula is C14H26N2O2. The number of carbonyl (C=O) groups excluding carboxylic acids is 1. The van der Waals surface area contributed by atoms with Crippen LogP contribution in [0.15, 0.2) is 0 Å². The molecule has 0 aromatic rings. The van der Waals surface area contributed by atoms with Gasteiger partial charge < -0.3 is 15.0 Å². The summed E-state index contributed by atoms with van der Waals surface area (Å²) in [6, 6.07) is 0.330. The minimum Gasteiger partial charge on any atom is -0.444 e. The van der Waals surface area contributed by atoms with E-state index in [1.54, 1.807) is 0 Å². The molecule has 1 saturated carbocycles. The number of amides is 1. The molecule has 1 atom stereocenters. The highest BCUT2D eigenvalue weighted by Gasteiger charge is 2.36. The van der Waals surface area contributed by atoms with Crippen LogP contribution in [0.2, 0.25) is 0 Å². The monoisotopic (exact) mass is 254 g/mol. The van der Waals surface area contributed by atoms with Gasteiger partial charge in [0, 0.05) is 19.6 Å². The fourth-order valence-corrected chi connectivity index (χ4v) is 3.04. The van der Waals surface area contributed by atoms with Crippen molar-refractivity contribution in [1.82, 2.24) is 10.2 Å². The average Bonchev–Trinajstić information content (AvgIpc) is 2.80. The van der Waals surface area contributed by atoms with Gasteiger partial charge in [-0.3, -0.25) is 0 Å². The third-order valence-corrected chi connectivity index (χ3v) is 3.86. The van der Waals surface area contributed by atoms with Crippen LogP contribution in [0.1, 0.15) is 46.5 Å². The number of nitrogens with one attached hydrogen (secondary N) is 1. The van der Waals surface area contributed by atoms with Gasteiger partial charge >= 0.3 is 6.09 Å². The summed E-state index contributed by atoms with van der Waals surface area (Å²) in [6.45, 7) is 8.36. The Labute approximate surface area is 110 Å². The van der Waals surface area contributed by atoms with Crippen LogP contribution in [-0.2, 0) is 4.74 Å². The highest BCUT2D eigenvalue weighted by atomic mass is 16.6. The van der Waals surface area contributed by atoms with Gasteiger partial charge in [-0.25, -0.2) is 4.79 Å². The molecule has 0 spiro atoms. The van der Waals surface area contributed by atoms with E-state index >= 15 is 0 Å². The van der Waals surface area contributed by atoms with Gasteiger partial charge in [-0.15, -0.1) is 0 Å². The molecule has 0 aromatic heterocycles. The fraction of sp³-hybridized carbons (Fsp3) is 0.929. The Balaban J connectivity index is 2.00. The predicted octanol–water partition coefficient (Wildman–Crippen LogP) is 2.39. The highest BCUT2D eigenvalue weighted by Crippen LogP contribution is 2.31. The maximum atomic E-state index is 12.3. The Morgan fingerprint density at radius 3 is 2.56 bits per heavy atom. The first-order valence-electron chi connectivity index (χ1n) is 7.18. The van der Waals surface area contributed by atoms with Crippen LogP contribution < -0.4 is 5.32 Å². The minimum absolute atomic E-state index is 0.138. The molecule has 0 radical (unpaired) electrons. The summed E-state index contributed by atoms with van der Waals surface area (Å²) in [4.78, 5) is 14.2. The standard InChI is InChI=1S/C14H26N2O2/c1-14(2,3)18-13(17)16-9-8-15-10-12(16)11-6-4-5-7-11/h11-12,15H,4-10H2,1-3H3/t12-/m1/s1. The van der Waals surface area contributed by atoms with Gasteiger partial charge in [0.15, 0.2) is 0 Å². The molecule has 4 nitrogen and oxygen atoms in total. The quantitative estimate of drug-likeness (QED) is 0.781. The van der Waals surface area contributed by atoms with Gasteiger partial charge in [-0.2, -0.15) is 0 Å². The van der Waals surface area contributed by atoms with Crippen LogP contribution >= 0.6 is 0 Å². The first-order valence-corrected chi connectivity index (χ1v) is 7.18. The summed E-state index contributed by atoms with van der Waals surface area (Å²) in [7, 11) is 0. The Morgan fingerprint density at radius 1 is 1.28 bits per heavy atom. The molecule has 1 aliphatic heterocycles. The van der Waals surface area contributed by atoms with Crippen LogP contribution in [-0.4, -0.2) is 42.3 Å². The van der Waals surface area contributed by atoms with Crippen LogP contribution in [0, 0.1) is 5.92 Å². The number of nitrogens with zero attached hydrogens (tertiary/aromatic N) is 1. The first kappa shape index (κ1) is 13.7. The number of piperazine rings is 1. The van der Waals surface area contributed by atoms with Crippen molar-refractivity contribution in [2.24, 2.45) is 5.92 Å². The molecule has 1 N–H and O–H groups in total. The molecule has 1 saturated heterocycles. The van der Waals surface area contributed by atoms with Crippen molar-refractivity contribution < 1.29 is 9.53 Å². The predicted molar refractivity (Wildman–Crippen MR) is 71.6 cm³/mol. The molecule has 0 bridgehead atoms.